The highest BCUT2D eigenvalue weighted by atomic mass is 32.1. The van der Waals surface area contributed by atoms with Gasteiger partial charge in [0.2, 0.25) is 0 Å². The zero-order chi connectivity index (χ0) is 11.1. The lowest BCUT2D eigenvalue weighted by atomic mass is 10.4. The predicted molar refractivity (Wildman–Crippen MR) is 67.6 cm³/mol. The normalized spacial score (nSPS) is 9.57. The van der Waals surface area contributed by atoms with Gasteiger partial charge in [0.25, 0.3) is 0 Å². The number of hydrazine groups is 1. The molecule has 0 saturated carbocycles. The van der Waals surface area contributed by atoms with Crippen molar-refractivity contribution in [3.63, 3.8) is 0 Å². The summed E-state index contributed by atoms with van der Waals surface area (Å²) >= 11 is 9.88. The van der Waals surface area contributed by atoms with Crippen LogP contribution in [-0.2, 0) is 0 Å². The summed E-state index contributed by atoms with van der Waals surface area (Å²) in [6.45, 7) is 5.59. The third kappa shape index (κ3) is 4.06. The Hall–Kier alpha value is -0.620. The van der Waals surface area contributed by atoms with E-state index in [1.807, 2.05) is 0 Å². The molecule has 0 fully saturated rings. The molecule has 0 rings (SSSR count). The Bertz CT molecular complexity index is 186. The van der Waals surface area contributed by atoms with E-state index in [1.165, 1.54) is 0 Å². The molecule has 6 heteroatoms. The molecule has 14 heavy (non-hydrogen) atoms. The summed E-state index contributed by atoms with van der Waals surface area (Å²) < 4.78 is 0. The van der Waals surface area contributed by atoms with Gasteiger partial charge in [-0.25, -0.2) is 0 Å². The van der Waals surface area contributed by atoms with E-state index in [0.717, 1.165) is 25.9 Å². The molecule has 0 aromatic heterocycles. The molecule has 0 bridgehead atoms. The van der Waals surface area contributed by atoms with E-state index in [-0.39, 0.29) is 0 Å². The Morgan fingerprint density at radius 3 is 1.36 bits per heavy atom. The van der Waals surface area contributed by atoms with Crippen LogP contribution in [0.4, 0.5) is 0 Å². The van der Waals surface area contributed by atoms with E-state index in [2.05, 4.69) is 13.8 Å². The highest BCUT2D eigenvalue weighted by molar-refractivity contribution is 7.80. The first-order valence-electron chi connectivity index (χ1n) is 4.68. The first kappa shape index (κ1) is 13.4. The van der Waals surface area contributed by atoms with Crippen molar-refractivity contribution >= 4 is 34.7 Å². The molecule has 0 saturated heterocycles. The second kappa shape index (κ2) is 6.78. The first-order valence-corrected chi connectivity index (χ1v) is 5.50. The maximum atomic E-state index is 5.59. The second-order valence-corrected chi connectivity index (χ2v) is 3.76. The number of hydrogen-bond donors (Lipinski definition) is 2. The molecule has 0 aromatic rings. The average molecular weight is 234 g/mol. The number of nitrogens with two attached hydrogens (primary N) is 2. The van der Waals surface area contributed by atoms with Crippen molar-refractivity contribution in [2.45, 2.75) is 26.7 Å². The monoisotopic (exact) mass is 234 g/mol. The lowest BCUT2D eigenvalue weighted by Gasteiger charge is -2.35. The number of hydrogen-bond acceptors (Lipinski definition) is 2. The van der Waals surface area contributed by atoms with E-state index in [9.17, 15) is 0 Å². The van der Waals surface area contributed by atoms with Crippen molar-refractivity contribution in [3.8, 4) is 0 Å². The fourth-order valence-electron chi connectivity index (χ4n) is 1.12. The number of thiocarbonyl (C=S) groups is 2. The Morgan fingerprint density at radius 1 is 0.929 bits per heavy atom. The van der Waals surface area contributed by atoms with Crippen LogP contribution in [0.2, 0.25) is 0 Å². The topological polar surface area (TPSA) is 58.5 Å². The highest BCUT2D eigenvalue weighted by Gasteiger charge is 2.15. The molecule has 0 atom stereocenters. The van der Waals surface area contributed by atoms with Crippen molar-refractivity contribution in [1.29, 1.82) is 0 Å². The van der Waals surface area contributed by atoms with Crippen LogP contribution in [0.25, 0.3) is 0 Å². The number of rotatable bonds is 4. The Kier molecular flexibility index (Phi) is 6.48. The van der Waals surface area contributed by atoms with E-state index in [1.54, 1.807) is 10.0 Å². The van der Waals surface area contributed by atoms with Gasteiger partial charge in [0.05, 0.1) is 0 Å². The van der Waals surface area contributed by atoms with Gasteiger partial charge in [-0.2, -0.15) is 0 Å². The molecule has 0 aliphatic rings. The quantitative estimate of drug-likeness (QED) is 0.554. The van der Waals surface area contributed by atoms with Gasteiger partial charge >= 0.3 is 0 Å². The molecule has 0 aromatic carbocycles. The van der Waals surface area contributed by atoms with Crippen LogP contribution < -0.4 is 11.5 Å². The zero-order valence-corrected chi connectivity index (χ0v) is 10.3. The third-order valence-corrected chi connectivity index (χ3v) is 2.09. The Morgan fingerprint density at radius 2 is 1.21 bits per heavy atom. The van der Waals surface area contributed by atoms with Gasteiger partial charge in [-0.15, -0.1) is 0 Å². The van der Waals surface area contributed by atoms with Crippen LogP contribution in [0.1, 0.15) is 26.7 Å². The lowest BCUT2D eigenvalue weighted by molar-refractivity contribution is 0.135. The highest BCUT2D eigenvalue weighted by Crippen LogP contribution is 2.01. The summed E-state index contributed by atoms with van der Waals surface area (Å²) in [6.07, 6.45) is 1.89. The van der Waals surface area contributed by atoms with Crippen LogP contribution in [0.15, 0.2) is 0 Å². The van der Waals surface area contributed by atoms with E-state index >= 15 is 0 Å². The predicted octanol–water partition coefficient (Wildman–Crippen LogP) is 0.813. The van der Waals surface area contributed by atoms with E-state index < -0.39 is 0 Å². The molecule has 0 amide bonds. The minimum atomic E-state index is 0.313. The van der Waals surface area contributed by atoms with Crippen molar-refractivity contribution in [3.05, 3.63) is 0 Å². The summed E-state index contributed by atoms with van der Waals surface area (Å²) in [5, 5.41) is 4.13. The average Bonchev–Trinajstić information content (AvgIpc) is 2.10. The van der Waals surface area contributed by atoms with Gasteiger partial charge in [-0.05, 0) is 37.3 Å². The van der Waals surface area contributed by atoms with Gasteiger partial charge in [-0.1, -0.05) is 13.8 Å². The molecule has 82 valence electrons. The van der Waals surface area contributed by atoms with Crippen LogP contribution in [0, 0.1) is 0 Å². The molecule has 0 heterocycles. The van der Waals surface area contributed by atoms with Crippen molar-refractivity contribution in [2.75, 3.05) is 13.1 Å². The zero-order valence-electron chi connectivity index (χ0n) is 8.69. The molecule has 0 aliphatic heterocycles. The van der Waals surface area contributed by atoms with Gasteiger partial charge in [-0.3, -0.25) is 10.0 Å². The summed E-state index contributed by atoms with van der Waals surface area (Å²) in [7, 11) is 0. The number of nitrogens with zero attached hydrogens (tertiary/aromatic N) is 2. The van der Waals surface area contributed by atoms with E-state index in [4.69, 9.17) is 35.9 Å². The first-order chi connectivity index (χ1) is 6.54. The maximum Gasteiger partial charge on any atom is 0.185 e. The molecule has 0 unspecified atom stereocenters. The van der Waals surface area contributed by atoms with Crippen LogP contribution in [0.5, 0.6) is 0 Å². The minimum absolute atomic E-state index is 0.313. The summed E-state index contributed by atoms with van der Waals surface area (Å²) in [5.41, 5.74) is 11.2. The maximum absolute atomic E-state index is 5.59. The molecule has 0 radical (unpaired) electrons. The van der Waals surface area contributed by atoms with E-state index in [0.29, 0.717) is 10.2 Å². The van der Waals surface area contributed by atoms with Crippen LogP contribution in [-0.4, -0.2) is 33.3 Å². The van der Waals surface area contributed by atoms with Gasteiger partial charge < -0.3 is 11.5 Å². The largest absolute Gasteiger partial charge is 0.375 e. The molecule has 4 nitrogen and oxygen atoms in total. The van der Waals surface area contributed by atoms with Crippen molar-refractivity contribution in [1.82, 2.24) is 10.0 Å². The van der Waals surface area contributed by atoms with Crippen molar-refractivity contribution in [2.24, 2.45) is 11.5 Å². The van der Waals surface area contributed by atoms with Gasteiger partial charge in [0.15, 0.2) is 10.2 Å². The molecular formula is C8H18N4S2. The fraction of sp³-hybridized carbons (Fsp3) is 0.750. The van der Waals surface area contributed by atoms with Crippen LogP contribution in [0.3, 0.4) is 0 Å². The smallest absolute Gasteiger partial charge is 0.185 e. The van der Waals surface area contributed by atoms with Crippen molar-refractivity contribution < 1.29 is 0 Å². The molecular weight excluding hydrogens is 216 g/mol. The molecule has 0 aliphatic carbocycles. The summed E-state index contributed by atoms with van der Waals surface area (Å²) in [6, 6.07) is 0. The van der Waals surface area contributed by atoms with Gasteiger partial charge in [0.1, 0.15) is 0 Å². The standard InChI is InChI=1S/C8H18N4S2/c1-3-5-11(7(9)13)12(6-4-2)8(10)14/h3-6H2,1-2H3,(H2,9,13)(H2,10,14). The second-order valence-electron chi connectivity index (χ2n) is 2.92. The summed E-state index contributed by atoms with van der Waals surface area (Å²) in [4.78, 5) is 0. The third-order valence-electron chi connectivity index (χ3n) is 1.67. The Balaban J connectivity index is 4.54. The lowest BCUT2D eigenvalue weighted by Crippen LogP contribution is -2.54. The Labute approximate surface area is 96.2 Å². The SMILES string of the molecule is CCCN(C(N)=S)N(CCC)C(N)=S. The fourth-order valence-corrected chi connectivity index (χ4v) is 1.50. The minimum Gasteiger partial charge on any atom is -0.375 e. The molecule has 0 spiro atoms. The van der Waals surface area contributed by atoms with Gasteiger partial charge in [0, 0.05) is 13.1 Å². The molecule has 4 N–H and O–H groups in total. The summed E-state index contributed by atoms with van der Waals surface area (Å²) in [5.74, 6) is 0. The van der Waals surface area contributed by atoms with Crippen LogP contribution >= 0.6 is 24.4 Å².